The van der Waals surface area contributed by atoms with Gasteiger partial charge in [0.15, 0.2) is 6.29 Å². The van der Waals surface area contributed by atoms with Crippen molar-refractivity contribution in [3.05, 3.63) is 14.7 Å². The Morgan fingerprint density at radius 3 is 1.87 bits per heavy atom. The quantitative estimate of drug-likeness (QED) is 0.647. The second-order valence-electron chi connectivity index (χ2n) is 6.71. The third-order valence-electron chi connectivity index (χ3n) is 2.23. The molecule has 0 bridgehead atoms. The molecule has 1 aromatic rings. The van der Waals surface area contributed by atoms with Crippen molar-refractivity contribution in [2.24, 2.45) is 0 Å². The van der Waals surface area contributed by atoms with Crippen LogP contribution in [0.1, 0.15) is 51.2 Å². The molecule has 6 nitrogen and oxygen atoms in total. The van der Waals surface area contributed by atoms with E-state index in [1.54, 1.807) is 46.9 Å². The third kappa shape index (κ3) is 5.62. The fourth-order valence-electron chi connectivity index (χ4n) is 1.52. The number of halogens is 1. The summed E-state index contributed by atoms with van der Waals surface area (Å²) in [4.78, 5) is 37.1. The number of carbonyl (C=O) groups excluding carboxylic acids is 3. The number of nitrogens with zero attached hydrogens (tertiary/aromatic N) is 1. The zero-order chi connectivity index (χ0) is 18.0. The van der Waals surface area contributed by atoms with E-state index in [9.17, 15) is 14.4 Å². The largest absolute Gasteiger partial charge is 0.443 e. The fourth-order valence-corrected chi connectivity index (χ4v) is 3.03. The Morgan fingerprint density at radius 1 is 1.09 bits per heavy atom. The summed E-state index contributed by atoms with van der Waals surface area (Å²) >= 11 is 4.35. The Bertz CT molecular complexity index is 584. The normalized spacial score (nSPS) is 11.8. The number of thiophene rings is 1. The minimum atomic E-state index is -0.908. The molecule has 0 aliphatic rings. The first-order chi connectivity index (χ1) is 10.4. The van der Waals surface area contributed by atoms with Gasteiger partial charge in [-0.3, -0.25) is 4.79 Å². The van der Waals surface area contributed by atoms with Crippen LogP contribution in [0.15, 0.2) is 9.85 Å². The Balaban J connectivity index is 3.31. The van der Waals surface area contributed by atoms with Gasteiger partial charge >= 0.3 is 12.2 Å². The van der Waals surface area contributed by atoms with Crippen molar-refractivity contribution >= 4 is 51.4 Å². The Kier molecular flexibility index (Phi) is 5.98. The van der Waals surface area contributed by atoms with Crippen LogP contribution < -0.4 is 4.90 Å². The minimum absolute atomic E-state index is 0.119. The van der Waals surface area contributed by atoms with Crippen LogP contribution in [0, 0.1) is 0 Å². The van der Waals surface area contributed by atoms with E-state index in [1.807, 2.05) is 0 Å². The van der Waals surface area contributed by atoms with Gasteiger partial charge in [0.2, 0.25) is 0 Å². The molecule has 2 amide bonds. The molecule has 23 heavy (non-hydrogen) atoms. The molecule has 0 radical (unpaired) electrons. The predicted octanol–water partition coefficient (Wildman–Crippen LogP) is 5.00. The van der Waals surface area contributed by atoms with Gasteiger partial charge in [-0.1, -0.05) is 0 Å². The van der Waals surface area contributed by atoms with E-state index < -0.39 is 23.4 Å². The number of rotatable bonds is 2. The molecule has 0 aliphatic carbocycles. The summed E-state index contributed by atoms with van der Waals surface area (Å²) in [7, 11) is 0. The van der Waals surface area contributed by atoms with Gasteiger partial charge in [-0.05, 0) is 57.5 Å². The van der Waals surface area contributed by atoms with Gasteiger partial charge in [0, 0.05) is 5.38 Å². The molecular weight excluding hydrogens is 386 g/mol. The van der Waals surface area contributed by atoms with Crippen molar-refractivity contribution in [1.82, 2.24) is 0 Å². The molecule has 0 aromatic carbocycles. The summed E-state index contributed by atoms with van der Waals surface area (Å²) in [5, 5.41) is 1.61. The summed E-state index contributed by atoms with van der Waals surface area (Å²) in [6.45, 7) is 10.1. The third-order valence-corrected chi connectivity index (χ3v) is 4.04. The molecule has 1 heterocycles. The van der Waals surface area contributed by atoms with Gasteiger partial charge in [0.05, 0.1) is 15.0 Å². The van der Waals surface area contributed by atoms with Crippen molar-refractivity contribution in [3.63, 3.8) is 0 Å². The van der Waals surface area contributed by atoms with Gasteiger partial charge < -0.3 is 9.47 Å². The lowest BCUT2D eigenvalue weighted by molar-refractivity contribution is 0.0430. The number of carbonyl (C=O) groups is 3. The lowest BCUT2D eigenvalue weighted by Crippen LogP contribution is -2.44. The fraction of sp³-hybridized carbons (Fsp3) is 0.533. The maximum atomic E-state index is 12.5. The molecule has 8 heteroatoms. The molecule has 128 valence electrons. The van der Waals surface area contributed by atoms with Crippen molar-refractivity contribution < 1.29 is 23.9 Å². The van der Waals surface area contributed by atoms with Crippen LogP contribution in [-0.2, 0) is 9.47 Å². The second-order valence-corrected chi connectivity index (χ2v) is 8.48. The molecule has 0 spiro atoms. The molecule has 0 saturated carbocycles. The summed E-state index contributed by atoms with van der Waals surface area (Å²) < 4.78 is 11.0. The van der Waals surface area contributed by atoms with Crippen molar-refractivity contribution in [2.45, 2.75) is 52.7 Å². The Hall–Kier alpha value is -1.41. The maximum absolute atomic E-state index is 12.5. The predicted molar refractivity (Wildman–Crippen MR) is 92.4 cm³/mol. The number of aldehydes is 1. The van der Waals surface area contributed by atoms with Gasteiger partial charge in [0.25, 0.3) is 0 Å². The number of amides is 2. The SMILES string of the molecule is CC(C)(C)OC(=O)N(C(=O)OC(C)(C)C)c1c(Br)csc1C=O. The van der Waals surface area contributed by atoms with Crippen LogP contribution in [0.25, 0.3) is 0 Å². The number of imide groups is 1. The highest BCUT2D eigenvalue weighted by atomic mass is 79.9. The molecule has 0 atom stereocenters. The molecule has 0 unspecified atom stereocenters. The second kappa shape index (κ2) is 7.00. The molecule has 0 saturated heterocycles. The first-order valence-corrected chi connectivity index (χ1v) is 8.51. The van der Waals surface area contributed by atoms with E-state index in [1.165, 1.54) is 0 Å². The first kappa shape index (κ1) is 19.6. The molecule has 0 N–H and O–H groups in total. The minimum Gasteiger partial charge on any atom is -0.443 e. The van der Waals surface area contributed by atoms with Crippen LogP contribution in [0.5, 0.6) is 0 Å². The van der Waals surface area contributed by atoms with Crippen LogP contribution >= 0.6 is 27.3 Å². The maximum Gasteiger partial charge on any atom is 0.424 e. The molecule has 0 fully saturated rings. The van der Waals surface area contributed by atoms with E-state index in [0.717, 1.165) is 16.2 Å². The van der Waals surface area contributed by atoms with E-state index in [2.05, 4.69) is 15.9 Å². The molecule has 0 aliphatic heterocycles. The first-order valence-electron chi connectivity index (χ1n) is 6.84. The Morgan fingerprint density at radius 2 is 1.52 bits per heavy atom. The van der Waals surface area contributed by atoms with E-state index in [0.29, 0.717) is 10.8 Å². The number of anilines is 1. The summed E-state index contributed by atoms with van der Waals surface area (Å²) in [6, 6.07) is 0. The van der Waals surface area contributed by atoms with Crippen LogP contribution in [0.4, 0.5) is 15.3 Å². The van der Waals surface area contributed by atoms with Crippen LogP contribution in [0.2, 0.25) is 0 Å². The number of ether oxygens (including phenoxy) is 2. The highest BCUT2D eigenvalue weighted by Gasteiger charge is 2.35. The molecule has 1 rings (SSSR count). The number of hydrogen-bond acceptors (Lipinski definition) is 6. The van der Waals surface area contributed by atoms with Gasteiger partial charge in [-0.2, -0.15) is 4.90 Å². The van der Waals surface area contributed by atoms with E-state index >= 15 is 0 Å². The van der Waals surface area contributed by atoms with Gasteiger partial charge in [-0.15, -0.1) is 11.3 Å². The average molecular weight is 406 g/mol. The standard InChI is InChI=1S/C15H20BrNO5S/c1-14(2,3)21-12(19)17(13(20)22-15(4,5)6)11-9(16)8-23-10(11)7-18/h7-8H,1-6H3. The zero-order valence-electron chi connectivity index (χ0n) is 13.9. The van der Waals surface area contributed by atoms with Crippen molar-refractivity contribution in [1.29, 1.82) is 0 Å². The highest BCUT2D eigenvalue weighted by molar-refractivity contribution is 9.10. The van der Waals surface area contributed by atoms with Crippen molar-refractivity contribution in [3.8, 4) is 0 Å². The average Bonchev–Trinajstić information content (AvgIpc) is 2.66. The van der Waals surface area contributed by atoms with Crippen molar-refractivity contribution in [2.75, 3.05) is 4.90 Å². The van der Waals surface area contributed by atoms with Crippen LogP contribution in [0.3, 0.4) is 0 Å². The monoisotopic (exact) mass is 405 g/mol. The Labute approximate surface area is 147 Å². The highest BCUT2D eigenvalue weighted by Crippen LogP contribution is 2.36. The van der Waals surface area contributed by atoms with Gasteiger partial charge in [-0.25, -0.2) is 9.59 Å². The van der Waals surface area contributed by atoms with E-state index in [4.69, 9.17) is 9.47 Å². The summed E-state index contributed by atoms with van der Waals surface area (Å²) in [5.41, 5.74) is -1.49. The van der Waals surface area contributed by atoms with E-state index in [-0.39, 0.29) is 10.6 Å². The lowest BCUT2D eigenvalue weighted by atomic mass is 10.2. The topological polar surface area (TPSA) is 72.9 Å². The van der Waals surface area contributed by atoms with Gasteiger partial charge in [0.1, 0.15) is 11.2 Å². The lowest BCUT2D eigenvalue weighted by Gasteiger charge is -2.28. The molecular formula is C15H20BrNO5S. The molecule has 1 aromatic heterocycles. The summed E-state index contributed by atoms with van der Waals surface area (Å²) in [5.74, 6) is 0. The number of hydrogen-bond donors (Lipinski definition) is 0. The zero-order valence-corrected chi connectivity index (χ0v) is 16.3. The van der Waals surface area contributed by atoms with Crippen LogP contribution in [-0.4, -0.2) is 29.7 Å². The smallest absolute Gasteiger partial charge is 0.424 e. The summed E-state index contributed by atoms with van der Waals surface area (Å²) in [6.07, 6.45) is -1.24.